The van der Waals surface area contributed by atoms with E-state index < -0.39 is 0 Å². The van der Waals surface area contributed by atoms with Gasteiger partial charge in [-0.25, -0.2) is 4.39 Å². The smallest absolute Gasteiger partial charge is 0.261 e. The number of carbonyl (C=O) groups excluding carboxylic acids is 1. The van der Waals surface area contributed by atoms with Crippen LogP contribution in [0.25, 0.3) is 10.1 Å². The van der Waals surface area contributed by atoms with E-state index in [2.05, 4.69) is 5.32 Å². The van der Waals surface area contributed by atoms with Crippen LogP contribution in [0.3, 0.4) is 0 Å². The van der Waals surface area contributed by atoms with E-state index in [4.69, 9.17) is 4.42 Å². The van der Waals surface area contributed by atoms with Crippen LogP contribution in [-0.2, 0) is 0 Å². The van der Waals surface area contributed by atoms with Crippen LogP contribution < -0.4 is 5.32 Å². The van der Waals surface area contributed by atoms with Gasteiger partial charge in [0.05, 0.1) is 17.2 Å². The first-order valence-electron chi connectivity index (χ1n) is 7.22. The predicted molar refractivity (Wildman–Crippen MR) is 89.3 cm³/mol. The number of fused-ring (bicyclic) bond motifs is 1. The Bertz CT molecular complexity index is 811. The van der Waals surface area contributed by atoms with E-state index in [0.29, 0.717) is 16.8 Å². The summed E-state index contributed by atoms with van der Waals surface area (Å²) in [7, 11) is 3.85. The lowest BCUT2D eigenvalue weighted by atomic mass is 10.2. The first-order valence-corrected chi connectivity index (χ1v) is 8.04. The number of benzene rings is 1. The zero-order valence-electron chi connectivity index (χ0n) is 12.9. The molecule has 1 amide bonds. The van der Waals surface area contributed by atoms with Gasteiger partial charge in [-0.1, -0.05) is 6.07 Å². The third kappa shape index (κ3) is 3.28. The summed E-state index contributed by atoms with van der Waals surface area (Å²) in [5, 5.41) is 3.38. The third-order valence-corrected chi connectivity index (χ3v) is 4.78. The lowest BCUT2D eigenvalue weighted by Crippen LogP contribution is -2.34. The Morgan fingerprint density at radius 3 is 2.83 bits per heavy atom. The molecule has 3 aromatic rings. The monoisotopic (exact) mass is 332 g/mol. The normalized spacial score (nSPS) is 12.7. The molecule has 1 atom stereocenters. The number of likely N-dealkylation sites (N-methyl/N-ethyl adjacent to an activating group) is 1. The summed E-state index contributed by atoms with van der Waals surface area (Å²) in [6.07, 6.45) is 1.61. The summed E-state index contributed by atoms with van der Waals surface area (Å²) in [6, 6.07) is 10.1. The van der Waals surface area contributed by atoms with Crippen molar-refractivity contribution in [3.05, 3.63) is 59.1 Å². The Kier molecular flexibility index (Phi) is 4.45. The fourth-order valence-corrected chi connectivity index (χ4v) is 3.42. The minimum absolute atomic E-state index is 0.0555. The topological polar surface area (TPSA) is 45.5 Å². The SMILES string of the molecule is CN(C)C(CNC(=O)c1cc2c(F)cccc2s1)c1ccco1. The van der Waals surface area contributed by atoms with Crippen molar-refractivity contribution in [3.8, 4) is 0 Å². The number of carbonyl (C=O) groups is 1. The van der Waals surface area contributed by atoms with Crippen LogP contribution in [-0.4, -0.2) is 31.4 Å². The highest BCUT2D eigenvalue weighted by Gasteiger charge is 2.19. The Labute approximate surface area is 137 Å². The number of nitrogens with zero attached hydrogens (tertiary/aromatic N) is 1. The first-order chi connectivity index (χ1) is 11.1. The van der Waals surface area contributed by atoms with E-state index in [-0.39, 0.29) is 17.8 Å². The molecule has 0 radical (unpaired) electrons. The molecule has 3 rings (SSSR count). The largest absolute Gasteiger partial charge is 0.468 e. The maximum Gasteiger partial charge on any atom is 0.261 e. The number of furan rings is 1. The van der Waals surface area contributed by atoms with Gasteiger partial charge in [0.1, 0.15) is 11.6 Å². The van der Waals surface area contributed by atoms with E-state index >= 15 is 0 Å². The molecule has 1 unspecified atom stereocenters. The molecule has 0 fully saturated rings. The number of hydrogen-bond donors (Lipinski definition) is 1. The molecular weight excluding hydrogens is 315 g/mol. The van der Waals surface area contributed by atoms with Gasteiger partial charge in [-0.05, 0) is 44.4 Å². The highest BCUT2D eigenvalue weighted by molar-refractivity contribution is 7.20. The molecule has 2 heterocycles. The Morgan fingerprint density at radius 1 is 1.35 bits per heavy atom. The number of nitrogens with one attached hydrogen (secondary N) is 1. The predicted octanol–water partition coefficient (Wildman–Crippen LogP) is 3.67. The van der Waals surface area contributed by atoms with Crippen molar-refractivity contribution >= 4 is 27.3 Å². The minimum Gasteiger partial charge on any atom is -0.468 e. The van der Waals surface area contributed by atoms with Crippen molar-refractivity contribution < 1.29 is 13.6 Å². The maximum atomic E-state index is 13.7. The third-order valence-electron chi connectivity index (χ3n) is 3.68. The Balaban J connectivity index is 1.74. The molecule has 0 aliphatic heterocycles. The quantitative estimate of drug-likeness (QED) is 0.775. The molecule has 1 N–H and O–H groups in total. The number of hydrogen-bond acceptors (Lipinski definition) is 4. The van der Waals surface area contributed by atoms with Crippen molar-refractivity contribution in [2.75, 3.05) is 20.6 Å². The highest BCUT2D eigenvalue weighted by atomic mass is 32.1. The van der Waals surface area contributed by atoms with E-state index in [1.54, 1.807) is 18.4 Å². The van der Waals surface area contributed by atoms with Gasteiger partial charge < -0.3 is 9.73 Å². The molecule has 1 aromatic carbocycles. The van der Waals surface area contributed by atoms with Gasteiger partial charge in [-0.3, -0.25) is 9.69 Å². The number of thiophene rings is 1. The zero-order valence-corrected chi connectivity index (χ0v) is 13.7. The van der Waals surface area contributed by atoms with Crippen LogP contribution in [0.15, 0.2) is 47.1 Å². The average Bonchev–Trinajstić information content (AvgIpc) is 3.16. The Hall–Kier alpha value is -2.18. The maximum absolute atomic E-state index is 13.7. The van der Waals surface area contributed by atoms with Gasteiger partial charge in [-0.2, -0.15) is 0 Å². The minimum atomic E-state index is -0.306. The molecule has 23 heavy (non-hydrogen) atoms. The standard InChI is InChI=1S/C17H17FN2O2S/c1-20(2)13(14-6-4-8-22-14)10-19-17(21)16-9-11-12(18)5-3-7-15(11)23-16/h3-9,13H,10H2,1-2H3,(H,19,21). The van der Waals surface area contributed by atoms with Gasteiger partial charge in [0.25, 0.3) is 5.91 Å². The lowest BCUT2D eigenvalue weighted by molar-refractivity contribution is 0.0943. The molecule has 2 aromatic heterocycles. The van der Waals surface area contributed by atoms with E-state index in [1.165, 1.54) is 17.4 Å². The lowest BCUT2D eigenvalue weighted by Gasteiger charge is -2.22. The van der Waals surface area contributed by atoms with Crippen LogP contribution in [0.5, 0.6) is 0 Å². The molecule has 6 heteroatoms. The summed E-state index contributed by atoms with van der Waals surface area (Å²) in [5.41, 5.74) is 0. The fourth-order valence-electron chi connectivity index (χ4n) is 2.43. The van der Waals surface area contributed by atoms with Crippen molar-refractivity contribution in [3.63, 3.8) is 0 Å². The molecule has 120 valence electrons. The summed E-state index contributed by atoms with van der Waals surface area (Å²) < 4.78 is 19.9. The molecular formula is C17H17FN2O2S. The van der Waals surface area contributed by atoms with E-state index in [9.17, 15) is 9.18 Å². The molecule has 0 aliphatic carbocycles. The molecule has 0 saturated heterocycles. The number of rotatable bonds is 5. The summed E-state index contributed by atoms with van der Waals surface area (Å²) in [5.74, 6) is 0.279. The van der Waals surface area contributed by atoms with Crippen LogP contribution in [0.4, 0.5) is 4.39 Å². The van der Waals surface area contributed by atoms with E-state index in [0.717, 1.165) is 10.5 Å². The van der Waals surface area contributed by atoms with Gasteiger partial charge >= 0.3 is 0 Å². The van der Waals surface area contributed by atoms with Crippen molar-refractivity contribution in [2.45, 2.75) is 6.04 Å². The summed E-state index contributed by atoms with van der Waals surface area (Å²) in [6.45, 7) is 0.413. The molecule has 0 aliphatic rings. The first kappa shape index (κ1) is 15.7. The van der Waals surface area contributed by atoms with Crippen LogP contribution in [0.1, 0.15) is 21.5 Å². The molecule has 4 nitrogen and oxygen atoms in total. The number of amides is 1. The highest BCUT2D eigenvalue weighted by Crippen LogP contribution is 2.27. The van der Waals surface area contributed by atoms with Gasteiger partial charge in [0, 0.05) is 16.6 Å². The van der Waals surface area contributed by atoms with Crippen LogP contribution >= 0.6 is 11.3 Å². The molecule has 0 bridgehead atoms. The van der Waals surface area contributed by atoms with Crippen LogP contribution in [0.2, 0.25) is 0 Å². The zero-order chi connectivity index (χ0) is 16.4. The summed E-state index contributed by atoms with van der Waals surface area (Å²) in [4.78, 5) is 14.8. The molecule has 0 spiro atoms. The van der Waals surface area contributed by atoms with Gasteiger partial charge in [-0.15, -0.1) is 11.3 Å². The average molecular weight is 332 g/mol. The van der Waals surface area contributed by atoms with Crippen molar-refractivity contribution in [1.29, 1.82) is 0 Å². The second-order valence-corrected chi connectivity index (χ2v) is 6.55. The van der Waals surface area contributed by atoms with Gasteiger partial charge in [0.15, 0.2) is 0 Å². The van der Waals surface area contributed by atoms with Crippen molar-refractivity contribution in [2.24, 2.45) is 0 Å². The van der Waals surface area contributed by atoms with Crippen molar-refractivity contribution in [1.82, 2.24) is 10.2 Å². The number of halogens is 1. The van der Waals surface area contributed by atoms with Crippen LogP contribution in [0, 0.1) is 5.82 Å². The second-order valence-electron chi connectivity index (χ2n) is 5.47. The Morgan fingerprint density at radius 2 is 2.17 bits per heavy atom. The summed E-state index contributed by atoms with van der Waals surface area (Å²) >= 11 is 1.29. The van der Waals surface area contributed by atoms with Gasteiger partial charge in [0.2, 0.25) is 0 Å². The fraction of sp³-hybridized carbons (Fsp3) is 0.235. The van der Waals surface area contributed by atoms with E-state index in [1.807, 2.05) is 37.2 Å². The molecule has 0 saturated carbocycles. The second kappa shape index (κ2) is 6.52.